The quantitative estimate of drug-likeness (QED) is 0.301. The second-order valence-electron chi connectivity index (χ2n) is 7.16. The third kappa shape index (κ3) is 5.27. The topological polar surface area (TPSA) is 121 Å². The lowest BCUT2D eigenvalue weighted by molar-refractivity contribution is 0.482. The minimum atomic E-state index is -3.94. The van der Waals surface area contributed by atoms with E-state index in [2.05, 4.69) is 41.7 Å². The van der Waals surface area contributed by atoms with Gasteiger partial charge in [-0.1, -0.05) is 0 Å². The number of halogens is 1. The van der Waals surface area contributed by atoms with E-state index in [-0.39, 0.29) is 21.3 Å². The molecule has 9 nitrogen and oxygen atoms in total. The van der Waals surface area contributed by atoms with E-state index >= 15 is 0 Å². The molecular weight excluding hydrogens is 587 g/mol. The van der Waals surface area contributed by atoms with Crippen LogP contribution in [-0.4, -0.2) is 36.9 Å². The van der Waals surface area contributed by atoms with Gasteiger partial charge in [0.15, 0.2) is 0 Å². The maximum atomic E-state index is 12.7. The van der Waals surface area contributed by atoms with Crippen LogP contribution in [0.4, 0.5) is 10.9 Å². The summed E-state index contributed by atoms with van der Waals surface area (Å²) in [6, 6.07) is 15.6. The summed E-state index contributed by atoms with van der Waals surface area (Å²) in [4.78, 5) is 10.0. The average Bonchev–Trinajstić information content (AvgIpc) is 3.32. The number of nitrogens with zero attached hydrogens (tertiary/aromatic N) is 5. The Labute approximate surface area is 214 Å². The predicted molar refractivity (Wildman–Crippen MR) is 139 cm³/mol. The fourth-order valence-electron chi connectivity index (χ4n) is 3.01. The molecule has 0 radical (unpaired) electrons. The van der Waals surface area contributed by atoms with E-state index in [1.807, 2.05) is 55.4 Å². The van der Waals surface area contributed by atoms with Crippen molar-refractivity contribution in [2.24, 2.45) is 0 Å². The number of benzene rings is 2. The molecule has 2 aromatic heterocycles. The van der Waals surface area contributed by atoms with Crippen molar-refractivity contribution in [1.82, 2.24) is 14.3 Å². The van der Waals surface area contributed by atoms with E-state index in [1.54, 1.807) is 6.20 Å². The number of hydrogen-bond donors (Lipinski definition) is 1. The Hall–Kier alpha value is -3.28. The predicted octanol–water partition coefficient (Wildman–Crippen LogP) is 4.74. The molecule has 0 aliphatic carbocycles. The molecule has 0 amide bonds. The molecule has 0 fully saturated rings. The third-order valence-corrected chi connectivity index (χ3v) is 7.36. The van der Waals surface area contributed by atoms with Crippen molar-refractivity contribution in [3.8, 4) is 28.7 Å². The first-order valence-corrected chi connectivity index (χ1v) is 13.0. The highest BCUT2D eigenvalue weighted by molar-refractivity contribution is 14.1. The van der Waals surface area contributed by atoms with Crippen LogP contribution >= 0.6 is 34.1 Å². The zero-order valence-electron chi connectivity index (χ0n) is 17.9. The van der Waals surface area contributed by atoms with Gasteiger partial charge in [0.2, 0.25) is 5.13 Å². The number of nitriles is 1. The van der Waals surface area contributed by atoms with Crippen LogP contribution in [0.2, 0.25) is 0 Å². The summed E-state index contributed by atoms with van der Waals surface area (Å²) in [7, 11) is -0.117. The molecule has 2 aromatic carbocycles. The number of pyridine rings is 1. The Balaban J connectivity index is 1.70. The maximum absolute atomic E-state index is 12.7. The normalized spacial score (nSPS) is 11.0. The van der Waals surface area contributed by atoms with Gasteiger partial charge in [-0.25, -0.2) is 18.4 Å². The fraction of sp³-hybridized carbons (Fsp3) is 0.0909. The van der Waals surface area contributed by atoms with E-state index in [4.69, 9.17) is 4.74 Å². The van der Waals surface area contributed by atoms with Gasteiger partial charge >= 0.3 is 0 Å². The van der Waals surface area contributed by atoms with Crippen LogP contribution in [0.15, 0.2) is 66.0 Å². The molecule has 0 saturated heterocycles. The molecule has 2 heterocycles. The van der Waals surface area contributed by atoms with Crippen LogP contribution in [0.3, 0.4) is 0 Å². The van der Waals surface area contributed by atoms with E-state index in [9.17, 15) is 13.7 Å². The molecule has 1 N–H and O–H groups in total. The summed E-state index contributed by atoms with van der Waals surface area (Å²) >= 11 is 3.13. The van der Waals surface area contributed by atoms with Gasteiger partial charge in [-0.15, -0.1) is 0 Å². The van der Waals surface area contributed by atoms with Crippen molar-refractivity contribution in [3.63, 3.8) is 0 Å². The van der Waals surface area contributed by atoms with Crippen LogP contribution in [0.25, 0.3) is 11.1 Å². The lowest BCUT2D eigenvalue weighted by atomic mass is 10.1. The lowest BCUT2D eigenvalue weighted by Gasteiger charge is -2.16. The molecule has 12 heteroatoms. The third-order valence-electron chi connectivity index (χ3n) is 4.64. The molecule has 0 aliphatic rings. The van der Waals surface area contributed by atoms with Crippen molar-refractivity contribution < 1.29 is 13.2 Å². The molecule has 172 valence electrons. The highest BCUT2D eigenvalue weighted by Gasteiger charge is 2.19. The Kier molecular flexibility index (Phi) is 6.96. The van der Waals surface area contributed by atoms with Gasteiger partial charge in [0, 0.05) is 41.0 Å². The van der Waals surface area contributed by atoms with Crippen LogP contribution in [0.5, 0.6) is 11.5 Å². The van der Waals surface area contributed by atoms with Crippen LogP contribution in [0.1, 0.15) is 5.56 Å². The molecule has 0 saturated carbocycles. The number of rotatable bonds is 7. The Morgan fingerprint density at radius 2 is 1.88 bits per heavy atom. The minimum Gasteiger partial charge on any atom is -0.455 e. The van der Waals surface area contributed by atoms with E-state index in [1.165, 1.54) is 24.5 Å². The summed E-state index contributed by atoms with van der Waals surface area (Å²) in [6.45, 7) is 0. The van der Waals surface area contributed by atoms with Gasteiger partial charge in [-0.3, -0.25) is 4.72 Å². The van der Waals surface area contributed by atoms with Crippen molar-refractivity contribution in [2.45, 2.75) is 4.90 Å². The average molecular weight is 604 g/mol. The van der Waals surface area contributed by atoms with Crippen LogP contribution in [0, 0.1) is 14.9 Å². The first-order chi connectivity index (χ1) is 16.3. The highest BCUT2D eigenvalue weighted by Crippen LogP contribution is 2.37. The Bertz CT molecular complexity index is 1490. The van der Waals surface area contributed by atoms with E-state index in [0.29, 0.717) is 5.75 Å². The summed E-state index contributed by atoms with van der Waals surface area (Å²) in [5, 5.41) is 9.83. The molecule has 0 spiro atoms. The smallest absolute Gasteiger partial charge is 0.263 e. The maximum Gasteiger partial charge on any atom is 0.263 e. The van der Waals surface area contributed by atoms with E-state index < -0.39 is 10.0 Å². The summed E-state index contributed by atoms with van der Waals surface area (Å²) in [5.74, 6) is 1.55. The molecule has 4 aromatic rings. The van der Waals surface area contributed by atoms with Crippen LogP contribution in [-0.2, 0) is 10.0 Å². The SMILES string of the molecule is CN(C)c1cc(-c2cc(I)ccc2Oc2ccc(S(=O)(=O)Nc3ncns3)cc2C#N)ccn1. The van der Waals surface area contributed by atoms with Gasteiger partial charge in [-0.05, 0) is 76.7 Å². The molecule has 0 unspecified atom stereocenters. The number of ether oxygens (including phenoxy) is 1. The molecule has 0 atom stereocenters. The van der Waals surface area contributed by atoms with Crippen molar-refractivity contribution >= 4 is 55.1 Å². The number of anilines is 2. The van der Waals surface area contributed by atoms with Gasteiger partial charge < -0.3 is 9.64 Å². The Morgan fingerprint density at radius 3 is 2.59 bits per heavy atom. The van der Waals surface area contributed by atoms with Crippen molar-refractivity contribution in [1.29, 1.82) is 5.26 Å². The zero-order chi connectivity index (χ0) is 24.3. The minimum absolute atomic E-state index is 0.0772. The lowest BCUT2D eigenvalue weighted by Crippen LogP contribution is -2.13. The first kappa shape index (κ1) is 23.9. The summed E-state index contributed by atoms with van der Waals surface area (Å²) < 4.78 is 38.6. The van der Waals surface area contributed by atoms with Crippen molar-refractivity contribution in [3.05, 3.63) is 70.2 Å². The Morgan fingerprint density at radius 1 is 1.09 bits per heavy atom. The fourth-order valence-corrected chi connectivity index (χ4v) is 5.19. The van der Waals surface area contributed by atoms with Crippen LogP contribution < -0.4 is 14.4 Å². The number of aromatic nitrogens is 3. The highest BCUT2D eigenvalue weighted by atomic mass is 127. The van der Waals surface area contributed by atoms with E-state index in [0.717, 1.165) is 32.0 Å². The number of hydrogen-bond acceptors (Lipinski definition) is 9. The second kappa shape index (κ2) is 9.92. The molecule has 34 heavy (non-hydrogen) atoms. The zero-order valence-corrected chi connectivity index (χ0v) is 21.7. The second-order valence-corrected chi connectivity index (χ2v) is 10.9. The monoisotopic (exact) mass is 604 g/mol. The van der Waals surface area contributed by atoms with Gasteiger partial charge in [0.25, 0.3) is 10.0 Å². The molecule has 0 bridgehead atoms. The van der Waals surface area contributed by atoms with Gasteiger partial charge in [0.1, 0.15) is 29.7 Å². The molecule has 4 rings (SSSR count). The number of sulfonamides is 1. The molecular formula is C22H17IN6O3S2. The summed E-state index contributed by atoms with van der Waals surface area (Å²) in [5.41, 5.74) is 1.79. The van der Waals surface area contributed by atoms with Gasteiger partial charge in [0.05, 0.1) is 10.5 Å². The first-order valence-electron chi connectivity index (χ1n) is 9.71. The summed E-state index contributed by atoms with van der Waals surface area (Å²) in [6.07, 6.45) is 2.97. The van der Waals surface area contributed by atoms with Gasteiger partial charge in [-0.2, -0.15) is 9.64 Å². The number of nitrogens with one attached hydrogen (secondary N) is 1. The molecule has 0 aliphatic heterocycles. The largest absolute Gasteiger partial charge is 0.455 e. The van der Waals surface area contributed by atoms with Crippen molar-refractivity contribution in [2.75, 3.05) is 23.7 Å². The standard InChI is InChI=1S/C22H17IN6O3S2/c1-29(2)21-10-14(7-8-25-21)18-11-16(23)3-5-20(18)32-19-6-4-17(9-15(19)12-24)34(30,31)28-22-26-13-27-33-22/h3-11,13H,1-2H3,(H,26,27,28).